The van der Waals surface area contributed by atoms with Gasteiger partial charge in [0.2, 0.25) is 5.91 Å². The summed E-state index contributed by atoms with van der Waals surface area (Å²) in [5.41, 5.74) is 2.08. The minimum atomic E-state index is -3.81. The van der Waals surface area contributed by atoms with E-state index in [1.54, 1.807) is 37.3 Å². The Labute approximate surface area is 184 Å². The van der Waals surface area contributed by atoms with Gasteiger partial charge in [0.1, 0.15) is 0 Å². The summed E-state index contributed by atoms with van der Waals surface area (Å²) in [5, 5.41) is 2.77. The van der Waals surface area contributed by atoms with Crippen molar-refractivity contribution >= 4 is 27.5 Å². The van der Waals surface area contributed by atoms with Gasteiger partial charge in [-0.2, -0.15) is 0 Å². The molecule has 0 saturated heterocycles. The fraction of sp³-hybridized carbons (Fsp3) is 0.391. The summed E-state index contributed by atoms with van der Waals surface area (Å²) in [5.74, 6) is -0.531. The molecule has 0 atom stereocenters. The Kier molecular flexibility index (Phi) is 8.62. The second-order valence-electron chi connectivity index (χ2n) is 7.53. The highest BCUT2D eigenvalue weighted by atomic mass is 32.2. The van der Waals surface area contributed by atoms with Crippen LogP contribution in [-0.2, 0) is 14.8 Å². The van der Waals surface area contributed by atoms with Gasteiger partial charge >= 0.3 is 0 Å². The zero-order valence-corrected chi connectivity index (χ0v) is 19.4. The van der Waals surface area contributed by atoms with E-state index >= 15 is 0 Å². The lowest BCUT2D eigenvalue weighted by Gasteiger charge is -2.22. The maximum Gasteiger partial charge on any atom is 0.262 e. The van der Waals surface area contributed by atoms with Crippen molar-refractivity contribution in [2.75, 3.05) is 24.4 Å². The zero-order chi connectivity index (χ0) is 23.0. The number of amides is 2. The lowest BCUT2D eigenvalue weighted by molar-refractivity contribution is -0.121. The molecule has 0 saturated carbocycles. The van der Waals surface area contributed by atoms with Crippen LogP contribution in [0.4, 0.5) is 5.69 Å². The monoisotopic (exact) mass is 445 g/mol. The minimum absolute atomic E-state index is 0.0366. The third kappa shape index (κ3) is 6.82. The summed E-state index contributed by atoms with van der Waals surface area (Å²) < 4.78 is 28.3. The summed E-state index contributed by atoms with van der Waals surface area (Å²) in [4.78, 5) is 26.8. The Balaban J connectivity index is 2.23. The van der Waals surface area contributed by atoms with Crippen LogP contribution in [0, 0.1) is 13.8 Å². The fourth-order valence-corrected chi connectivity index (χ4v) is 4.50. The molecule has 0 aromatic heterocycles. The number of sulfonamides is 1. The Morgan fingerprint density at radius 3 is 2.42 bits per heavy atom. The van der Waals surface area contributed by atoms with Gasteiger partial charge in [0.25, 0.3) is 15.9 Å². The molecule has 0 spiro atoms. The van der Waals surface area contributed by atoms with E-state index in [-0.39, 0.29) is 23.3 Å². The van der Waals surface area contributed by atoms with E-state index < -0.39 is 10.0 Å². The van der Waals surface area contributed by atoms with Crippen molar-refractivity contribution in [3.63, 3.8) is 0 Å². The minimum Gasteiger partial charge on any atom is -0.355 e. The molecule has 0 aliphatic heterocycles. The normalized spacial score (nSPS) is 11.1. The molecule has 7 nitrogen and oxygen atoms in total. The van der Waals surface area contributed by atoms with Gasteiger partial charge in [0.15, 0.2) is 0 Å². The Morgan fingerprint density at radius 1 is 1.00 bits per heavy atom. The highest BCUT2D eigenvalue weighted by Crippen LogP contribution is 2.21. The smallest absolute Gasteiger partial charge is 0.262 e. The fourth-order valence-electron chi connectivity index (χ4n) is 3.12. The standard InChI is InChI=1S/C23H31N3O4S/c1-5-12-24-22(27)16-26(13-6-2)23(28)19-8-7-9-20(15-19)25-31(29,30)21-14-17(3)10-11-18(21)4/h7-11,14-15,25H,5-6,12-13,16H2,1-4H3,(H,24,27). The maximum atomic E-state index is 13.0. The van der Waals surface area contributed by atoms with Gasteiger partial charge in [-0.3, -0.25) is 14.3 Å². The van der Waals surface area contributed by atoms with E-state index in [1.807, 2.05) is 26.8 Å². The van der Waals surface area contributed by atoms with Gasteiger partial charge in [-0.15, -0.1) is 0 Å². The van der Waals surface area contributed by atoms with Crippen LogP contribution in [-0.4, -0.2) is 44.8 Å². The second-order valence-corrected chi connectivity index (χ2v) is 9.18. The molecule has 2 aromatic rings. The number of benzene rings is 2. The molecule has 0 unspecified atom stereocenters. The van der Waals surface area contributed by atoms with Crippen LogP contribution < -0.4 is 10.0 Å². The van der Waals surface area contributed by atoms with Crippen LogP contribution in [0.1, 0.15) is 48.2 Å². The maximum absolute atomic E-state index is 13.0. The lowest BCUT2D eigenvalue weighted by atomic mass is 10.1. The Hall–Kier alpha value is -2.87. The molecule has 0 radical (unpaired) electrons. The highest BCUT2D eigenvalue weighted by Gasteiger charge is 2.20. The molecule has 2 amide bonds. The number of rotatable bonds is 10. The van der Waals surface area contributed by atoms with E-state index in [4.69, 9.17) is 0 Å². The average molecular weight is 446 g/mol. The SMILES string of the molecule is CCCNC(=O)CN(CCC)C(=O)c1cccc(NS(=O)(=O)c2cc(C)ccc2C)c1. The van der Waals surface area contributed by atoms with E-state index in [9.17, 15) is 18.0 Å². The number of nitrogens with one attached hydrogen (secondary N) is 2. The number of hydrogen-bond donors (Lipinski definition) is 2. The second kappa shape index (κ2) is 10.9. The van der Waals surface area contributed by atoms with Gasteiger partial charge in [-0.1, -0.05) is 32.0 Å². The predicted octanol–water partition coefficient (Wildman–Crippen LogP) is 3.48. The van der Waals surface area contributed by atoms with E-state index in [1.165, 1.54) is 11.0 Å². The number of hydrogen-bond acceptors (Lipinski definition) is 4. The molecule has 2 rings (SSSR count). The average Bonchev–Trinajstić information content (AvgIpc) is 2.73. The van der Waals surface area contributed by atoms with Crippen LogP contribution >= 0.6 is 0 Å². The van der Waals surface area contributed by atoms with Crippen LogP contribution in [0.15, 0.2) is 47.4 Å². The molecule has 31 heavy (non-hydrogen) atoms. The van der Waals surface area contributed by atoms with E-state index in [0.29, 0.717) is 36.3 Å². The quantitative estimate of drug-likeness (QED) is 0.585. The first kappa shape index (κ1) is 24.4. The van der Waals surface area contributed by atoms with Crippen LogP contribution in [0.2, 0.25) is 0 Å². The molecule has 0 heterocycles. The summed E-state index contributed by atoms with van der Waals surface area (Å²) in [6.07, 6.45) is 1.52. The van der Waals surface area contributed by atoms with E-state index in [2.05, 4.69) is 10.0 Å². The molecular weight excluding hydrogens is 414 g/mol. The number of anilines is 1. The number of carbonyl (C=O) groups is 2. The number of carbonyl (C=O) groups excluding carboxylic acids is 2. The van der Waals surface area contributed by atoms with Crippen molar-refractivity contribution in [3.05, 3.63) is 59.2 Å². The summed E-state index contributed by atoms with van der Waals surface area (Å²) >= 11 is 0. The van der Waals surface area contributed by atoms with Gasteiger partial charge in [0, 0.05) is 24.3 Å². The first-order chi connectivity index (χ1) is 14.7. The first-order valence-electron chi connectivity index (χ1n) is 10.4. The summed E-state index contributed by atoms with van der Waals surface area (Å²) in [7, 11) is -3.81. The highest BCUT2D eigenvalue weighted by molar-refractivity contribution is 7.92. The van der Waals surface area contributed by atoms with Gasteiger partial charge < -0.3 is 10.2 Å². The Morgan fingerprint density at radius 2 is 1.74 bits per heavy atom. The largest absolute Gasteiger partial charge is 0.355 e. The van der Waals surface area contributed by atoms with Gasteiger partial charge in [-0.05, 0) is 62.1 Å². The molecular formula is C23H31N3O4S. The number of aryl methyl sites for hydroxylation is 2. The molecule has 168 valence electrons. The van der Waals surface area contributed by atoms with Crippen molar-refractivity contribution < 1.29 is 18.0 Å². The van der Waals surface area contributed by atoms with E-state index in [0.717, 1.165) is 12.0 Å². The molecule has 0 fully saturated rings. The summed E-state index contributed by atoms with van der Waals surface area (Å²) in [6, 6.07) is 11.6. The van der Waals surface area contributed by atoms with Crippen LogP contribution in [0.3, 0.4) is 0 Å². The topological polar surface area (TPSA) is 95.6 Å². The van der Waals surface area contributed by atoms with Gasteiger partial charge in [0.05, 0.1) is 11.4 Å². The molecule has 0 aliphatic carbocycles. The van der Waals surface area contributed by atoms with Crippen molar-refractivity contribution in [2.24, 2.45) is 0 Å². The van der Waals surface area contributed by atoms with Crippen molar-refractivity contribution in [1.29, 1.82) is 0 Å². The molecule has 0 bridgehead atoms. The molecule has 8 heteroatoms. The lowest BCUT2D eigenvalue weighted by Crippen LogP contribution is -2.41. The zero-order valence-electron chi connectivity index (χ0n) is 18.6. The van der Waals surface area contributed by atoms with Crippen molar-refractivity contribution in [2.45, 2.75) is 45.4 Å². The Bertz CT molecular complexity index is 1030. The van der Waals surface area contributed by atoms with Gasteiger partial charge in [-0.25, -0.2) is 8.42 Å². The third-order valence-electron chi connectivity index (χ3n) is 4.68. The van der Waals surface area contributed by atoms with Crippen molar-refractivity contribution in [1.82, 2.24) is 10.2 Å². The molecule has 0 aliphatic rings. The predicted molar refractivity (Wildman–Crippen MR) is 123 cm³/mol. The van der Waals surface area contributed by atoms with Crippen LogP contribution in [0.5, 0.6) is 0 Å². The first-order valence-corrected chi connectivity index (χ1v) is 11.9. The van der Waals surface area contributed by atoms with Crippen molar-refractivity contribution in [3.8, 4) is 0 Å². The molecule has 2 N–H and O–H groups in total. The number of nitrogens with zero attached hydrogens (tertiary/aromatic N) is 1. The summed E-state index contributed by atoms with van der Waals surface area (Å²) in [6.45, 7) is 8.40. The third-order valence-corrected chi connectivity index (χ3v) is 6.21. The molecule has 2 aromatic carbocycles. The van der Waals surface area contributed by atoms with Crippen LogP contribution in [0.25, 0.3) is 0 Å².